The molecule has 104 valence electrons. The molecule has 0 spiro atoms. The third-order valence-corrected chi connectivity index (χ3v) is 2.93. The number of ether oxygens (including phenoxy) is 1. The zero-order chi connectivity index (χ0) is 14.2. The molecule has 1 aromatic rings. The van der Waals surface area contributed by atoms with E-state index in [1.54, 1.807) is 0 Å². The molecule has 0 aliphatic carbocycles. The van der Waals surface area contributed by atoms with E-state index in [9.17, 15) is 19.8 Å². The van der Waals surface area contributed by atoms with Gasteiger partial charge in [-0.1, -0.05) is 0 Å². The topological polar surface area (TPSA) is 148 Å². The smallest absolute Gasteiger partial charge is 0.349 e. The number of aliphatic hydroxyl groups excluding tert-OH is 2. The molecule has 0 radical (unpaired) electrons. The molecule has 0 bridgehead atoms. The Balaban J connectivity index is 2.38. The first kappa shape index (κ1) is 13.6. The number of carboxylic acid groups (broad SMARTS) is 1. The third kappa shape index (κ3) is 2.36. The summed E-state index contributed by atoms with van der Waals surface area (Å²) in [5.74, 6) is -1.39. The largest absolute Gasteiger partial charge is 0.479 e. The maximum atomic E-state index is 11.5. The standard InChI is InChI=1S/C10H13N3O6/c11-4-5(14)6(15)8(19-7(4)9(16)17)13-3-1-2-12-10(13)18/h1-8,14-15H,11H2,(H,16,17)/t4-,5-,6+,7-,8+/m0/s1. The van der Waals surface area contributed by atoms with Crippen molar-refractivity contribution in [2.75, 3.05) is 0 Å². The summed E-state index contributed by atoms with van der Waals surface area (Å²) >= 11 is 0. The highest BCUT2D eigenvalue weighted by Crippen LogP contribution is 2.26. The lowest BCUT2D eigenvalue weighted by molar-refractivity contribution is -0.216. The summed E-state index contributed by atoms with van der Waals surface area (Å²) in [6, 6.07) is 0.116. The van der Waals surface area contributed by atoms with Crippen LogP contribution >= 0.6 is 0 Å². The summed E-state index contributed by atoms with van der Waals surface area (Å²) < 4.78 is 6.00. The average molecular weight is 271 g/mol. The summed E-state index contributed by atoms with van der Waals surface area (Å²) in [5, 5.41) is 28.5. The van der Waals surface area contributed by atoms with Crippen LogP contribution < -0.4 is 11.4 Å². The number of aliphatic carboxylic acids is 1. The van der Waals surface area contributed by atoms with Crippen molar-refractivity contribution in [3.05, 3.63) is 28.9 Å². The van der Waals surface area contributed by atoms with Gasteiger partial charge in [-0.05, 0) is 6.07 Å². The van der Waals surface area contributed by atoms with Crippen LogP contribution in [0.1, 0.15) is 6.23 Å². The van der Waals surface area contributed by atoms with Crippen LogP contribution in [0, 0.1) is 0 Å². The molecule has 5 N–H and O–H groups in total. The predicted molar refractivity (Wildman–Crippen MR) is 60.0 cm³/mol. The van der Waals surface area contributed by atoms with Gasteiger partial charge >= 0.3 is 11.7 Å². The third-order valence-electron chi connectivity index (χ3n) is 2.93. The van der Waals surface area contributed by atoms with E-state index >= 15 is 0 Å². The maximum Gasteiger partial charge on any atom is 0.349 e. The minimum atomic E-state index is -1.54. The molecule has 5 atom stereocenters. The van der Waals surface area contributed by atoms with Crippen LogP contribution in [-0.2, 0) is 9.53 Å². The summed E-state index contributed by atoms with van der Waals surface area (Å²) in [6.45, 7) is 0. The van der Waals surface area contributed by atoms with Crippen molar-refractivity contribution in [1.82, 2.24) is 9.55 Å². The van der Waals surface area contributed by atoms with E-state index in [0.717, 1.165) is 4.57 Å². The quantitative estimate of drug-likeness (QED) is 0.453. The fourth-order valence-electron chi connectivity index (χ4n) is 1.91. The van der Waals surface area contributed by atoms with Crippen molar-refractivity contribution in [3.63, 3.8) is 0 Å². The molecule has 1 aliphatic heterocycles. The van der Waals surface area contributed by atoms with Gasteiger partial charge in [-0.15, -0.1) is 0 Å². The molecule has 1 saturated heterocycles. The number of hydrogen-bond donors (Lipinski definition) is 4. The van der Waals surface area contributed by atoms with Crippen molar-refractivity contribution < 1.29 is 24.9 Å². The zero-order valence-corrected chi connectivity index (χ0v) is 9.66. The van der Waals surface area contributed by atoms with E-state index in [-0.39, 0.29) is 0 Å². The van der Waals surface area contributed by atoms with Gasteiger partial charge in [-0.3, -0.25) is 4.57 Å². The number of hydrogen-bond acceptors (Lipinski definition) is 7. The van der Waals surface area contributed by atoms with Gasteiger partial charge in [-0.2, -0.15) is 0 Å². The van der Waals surface area contributed by atoms with Crippen molar-refractivity contribution in [2.24, 2.45) is 5.73 Å². The van der Waals surface area contributed by atoms with Crippen molar-refractivity contribution >= 4 is 5.97 Å². The summed E-state index contributed by atoms with van der Waals surface area (Å²) in [7, 11) is 0. The molecule has 19 heavy (non-hydrogen) atoms. The van der Waals surface area contributed by atoms with Crippen molar-refractivity contribution in [3.8, 4) is 0 Å². The number of carboxylic acids is 1. The van der Waals surface area contributed by atoms with Gasteiger partial charge in [0.05, 0.1) is 6.04 Å². The predicted octanol–water partition coefficient (Wildman–Crippen LogP) is -2.73. The highest BCUT2D eigenvalue weighted by atomic mass is 16.6. The van der Waals surface area contributed by atoms with Crippen LogP contribution in [0.2, 0.25) is 0 Å². The van der Waals surface area contributed by atoms with Gasteiger partial charge < -0.3 is 25.8 Å². The number of aromatic nitrogens is 2. The second-order valence-electron chi connectivity index (χ2n) is 4.15. The summed E-state index contributed by atoms with van der Waals surface area (Å²) in [5.41, 5.74) is 4.74. The van der Waals surface area contributed by atoms with Crippen LogP contribution in [0.15, 0.2) is 23.3 Å². The molecule has 0 aromatic carbocycles. The highest BCUT2D eigenvalue weighted by Gasteiger charge is 2.46. The minimum Gasteiger partial charge on any atom is -0.479 e. The van der Waals surface area contributed by atoms with Crippen LogP contribution in [0.5, 0.6) is 0 Å². The lowest BCUT2D eigenvalue weighted by atomic mass is 9.96. The second-order valence-corrected chi connectivity index (χ2v) is 4.15. The Morgan fingerprint density at radius 1 is 1.42 bits per heavy atom. The highest BCUT2D eigenvalue weighted by molar-refractivity contribution is 5.73. The molecule has 1 fully saturated rings. The monoisotopic (exact) mass is 271 g/mol. The molecule has 0 unspecified atom stereocenters. The Labute approximate surface area is 106 Å². The Morgan fingerprint density at radius 2 is 2.11 bits per heavy atom. The van der Waals surface area contributed by atoms with Gasteiger partial charge in [0.25, 0.3) is 0 Å². The number of nitrogens with two attached hydrogens (primary N) is 1. The number of aliphatic hydroxyl groups is 2. The fraction of sp³-hybridized carbons (Fsp3) is 0.500. The van der Waals surface area contributed by atoms with E-state index in [0.29, 0.717) is 0 Å². The van der Waals surface area contributed by atoms with E-state index in [2.05, 4.69) is 4.98 Å². The Hall–Kier alpha value is -1.81. The van der Waals surface area contributed by atoms with Crippen molar-refractivity contribution in [1.29, 1.82) is 0 Å². The molecule has 0 saturated carbocycles. The average Bonchev–Trinajstić information content (AvgIpc) is 2.37. The van der Waals surface area contributed by atoms with Crippen LogP contribution in [0.3, 0.4) is 0 Å². The molecule has 9 heteroatoms. The maximum absolute atomic E-state index is 11.5. The number of rotatable bonds is 2. The zero-order valence-electron chi connectivity index (χ0n) is 9.66. The normalized spacial score (nSPS) is 35.0. The first-order valence-electron chi connectivity index (χ1n) is 5.46. The second kappa shape index (κ2) is 5.05. The number of nitrogens with zero attached hydrogens (tertiary/aromatic N) is 2. The van der Waals surface area contributed by atoms with E-state index < -0.39 is 42.2 Å². The van der Waals surface area contributed by atoms with E-state index in [1.165, 1.54) is 18.5 Å². The van der Waals surface area contributed by atoms with E-state index in [4.69, 9.17) is 15.6 Å². The molecule has 2 rings (SSSR count). The molecule has 9 nitrogen and oxygen atoms in total. The number of carbonyl (C=O) groups is 1. The van der Waals surface area contributed by atoms with Gasteiger partial charge in [0, 0.05) is 12.4 Å². The van der Waals surface area contributed by atoms with Gasteiger partial charge in [0.2, 0.25) is 0 Å². The Kier molecular flexibility index (Phi) is 3.62. The van der Waals surface area contributed by atoms with Gasteiger partial charge in [0.1, 0.15) is 12.2 Å². The van der Waals surface area contributed by atoms with Crippen molar-refractivity contribution in [2.45, 2.75) is 30.6 Å². The van der Waals surface area contributed by atoms with Gasteiger partial charge in [0.15, 0.2) is 12.3 Å². The SMILES string of the molecule is N[C@H]1[C@H](O)[C@@H](O)[C@H](n2cccnc2=O)O[C@@H]1C(=O)O. The fourth-order valence-corrected chi connectivity index (χ4v) is 1.91. The summed E-state index contributed by atoms with van der Waals surface area (Å²) in [4.78, 5) is 26.0. The molecular weight excluding hydrogens is 258 g/mol. The Morgan fingerprint density at radius 3 is 2.68 bits per heavy atom. The molecule has 1 aliphatic rings. The lowest BCUT2D eigenvalue weighted by Gasteiger charge is -2.39. The van der Waals surface area contributed by atoms with Gasteiger partial charge in [-0.25, -0.2) is 14.6 Å². The summed E-state index contributed by atoms with van der Waals surface area (Å²) in [6.07, 6.45) is -3.46. The molecular formula is C10H13N3O6. The molecule has 0 amide bonds. The Bertz CT molecular complexity index is 532. The minimum absolute atomic E-state index is 0.738. The van der Waals surface area contributed by atoms with Crippen LogP contribution in [0.25, 0.3) is 0 Å². The first-order valence-corrected chi connectivity index (χ1v) is 5.46. The molecule has 1 aromatic heterocycles. The first-order chi connectivity index (χ1) is 8.93. The molecule has 2 heterocycles. The van der Waals surface area contributed by atoms with E-state index in [1.807, 2.05) is 0 Å². The van der Waals surface area contributed by atoms with Crippen LogP contribution in [-0.4, -0.2) is 55.2 Å². The lowest BCUT2D eigenvalue weighted by Crippen LogP contribution is -2.62. The van der Waals surface area contributed by atoms with Crippen LogP contribution in [0.4, 0.5) is 0 Å².